The average molecular weight is 423 g/mol. The van der Waals surface area contributed by atoms with Gasteiger partial charge in [-0.05, 0) is 61.0 Å². The highest BCUT2D eigenvalue weighted by Gasteiger charge is 2.15. The summed E-state index contributed by atoms with van der Waals surface area (Å²) in [5.74, 6) is -0.813. The van der Waals surface area contributed by atoms with Gasteiger partial charge in [0, 0.05) is 16.9 Å². The van der Waals surface area contributed by atoms with Crippen molar-refractivity contribution < 1.29 is 18.0 Å². The van der Waals surface area contributed by atoms with Crippen molar-refractivity contribution in [2.75, 3.05) is 10.0 Å². The fourth-order valence-electron chi connectivity index (χ4n) is 2.73. The minimum absolute atomic E-state index is 0.0513. The molecule has 0 bridgehead atoms. The van der Waals surface area contributed by atoms with Crippen LogP contribution in [0.1, 0.15) is 21.5 Å². The van der Waals surface area contributed by atoms with Crippen molar-refractivity contribution in [2.45, 2.75) is 18.2 Å². The van der Waals surface area contributed by atoms with Gasteiger partial charge in [-0.3, -0.25) is 14.3 Å². The van der Waals surface area contributed by atoms with Crippen LogP contribution in [0.5, 0.6) is 0 Å². The van der Waals surface area contributed by atoms with Crippen LogP contribution in [0.4, 0.5) is 11.4 Å². The molecule has 154 valence electrons. The maximum atomic E-state index is 12.5. The molecule has 0 aliphatic rings. The van der Waals surface area contributed by atoms with Gasteiger partial charge in [0.25, 0.3) is 15.9 Å². The third kappa shape index (κ3) is 5.45. The first-order valence-electron chi connectivity index (χ1n) is 9.11. The zero-order chi connectivity index (χ0) is 21.7. The first kappa shape index (κ1) is 21.1. The average Bonchev–Trinajstić information content (AvgIpc) is 2.71. The van der Waals surface area contributed by atoms with Crippen LogP contribution in [0.3, 0.4) is 0 Å². The van der Waals surface area contributed by atoms with Gasteiger partial charge in [0.05, 0.1) is 11.3 Å². The lowest BCUT2D eigenvalue weighted by Gasteiger charge is -2.10. The Morgan fingerprint density at radius 3 is 1.97 bits per heavy atom. The number of benzene rings is 3. The number of rotatable bonds is 7. The molecule has 0 aliphatic carbocycles. The molecule has 3 rings (SSSR count). The lowest BCUT2D eigenvalue weighted by Crippen LogP contribution is -2.15. The summed E-state index contributed by atoms with van der Waals surface area (Å²) in [5, 5.41) is 2.72. The summed E-state index contributed by atoms with van der Waals surface area (Å²) >= 11 is 0. The number of amides is 2. The highest BCUT2D eigenvalue weighted by Crippen LogP contribution is 2.18. The number of aryl methyl sites for hydroxylation is 1. The summed E-state index contributed by atoms with van der Waals surface area (Å²) in [7, 11) is -3.76. The first-order chi connectivity index (χ1) is 14.2. The number of sulfonamides is 1. The van der Waals surface area contributed by atoms with Crippen molar-refractivity contribution in [3.05, 3.63) is 89.5 Å². The maximum Gasteiger partial charge on any atom is 0.261 e. The van der Waals surface area contributed by atoms with Crippen molar-refractivity contribution in [1.29, 1.82) is 0 Å². The molecule has 0 aliphatic heterocycles. The molecule has 0 saturated heterocycles. The van der Waals surface area contributed by atoms with E-state index in [0.717, 1.165) is 11.1 Å². The number of carbonyl (C=O) groups is 2. The standard InChI is InChI=1S/C22H21N3O4S/c1-15-2-8-19(9-3-15)25-30(28,29)20-12-6-17(7-13-20)22(27)24-18-10-4-16(5-11-18)14-21(23)26/h2-13,25H,14H2,1H3,(H2,23,26)(H,24,27). The van der Waals surface area contributed by atoms with Gasteiger partial charge in [-0.15, -0.1) is 0 Å². The van der Waals surface area contributed by atoms with Crippen molar-refractivity contribution in [3.63, 3.8) is 0 Å². The molecule has 0 unspecified atom stereocenters. The van der Waals surface area contributed by atoms with Gasteiger partial charge in [-0.25, -0.2) is 8.42 Å². The van der Waals surface area contributed by atoms with Crippen molar-refractivity contribution >= 4 is 33.2 Å². The Kier molecular flexibility index (Phi) is 6.17. The molecule has 0 atom stereocenters. The SMILES string of the molecule is Cc1ccc(NS(=O)(=O)c2ccc(C(=O)Nc3ccc(CC(N)=O)cc3)cc2)cc1. The molecule has 0 radical (unpaired) electrons. The van der Waals surface area contributed by atoms with E-state index >= 15 is 0 Å². The van der Waals surface area contributed by atoms with E-state index < -0.39 is 15.9 Å². The molecule has 2 amide bonds. The van der Waals surface area contributed by atoms with Crippen LogP contribution in [0.2, 0.25) is 0 Å². The van der Waals surface area contributed by atoms with Gasteiger partial charge in [-0.1, -0.05) is 29.8 Å². The maximum absolute atomic E-state index is 12.5. The van der Waals surface area contributed by atoms with Crippen LogP contribution in [0.25, 0.3) is 0 Å². The summed E-state index contributed by atoms with van der Waals surface area (Å²) in [4.78, 5) is 23.4. The summed E-state index contributed by atoms with van der Waals surface area (Å²) in [6.45, 7) is 1.91. The highest BCUT2D eigenvalue weighted by molar-refractivity contribution is 7.92. The Morgan fingerprint density at radius 1 is 0.833 bits per heavy atom. The van der Waals surface area contributed by atoms with Crippen LogP contribution in [0.15, 0.2) is 77.7 Å². The van der Waals surface area contributed by atoms with Gasteiger partial charge >= 0.3 is 0 Å². The van der Waals surface area contributed by atoms with E-state index in [1.165, 1.54) is 24.3 Å². The van der Waals surface area contributed by atoms with E-state index in [1.807, 2.05) is 19.1 Å². The largest absolute Gasteiger partial charge is 0.369 e. The molecule has 0 spiro atoms. The molecule has 0 saturated carbocycles. The monoisotopic (exact) mass is 423 g/mol. The third-order valence-electron chi connectivity index (χ3n) is 4.32. The second-order valence-electron chi connectivity index (χ2n) is 6.79. The summed E-state index contributed by atoms with van der Waals surface area (Å²) in [6, 6.07) is 19.4. The number of carbonyl (C=O) groups excluding carboxylic acids is 2. The van der Waals surface area contributed by atoms with Gasteiger partial charge in [-0.2, -0.15) is 0 Å². The molecular weight excluding hydrogens is 402 g/mol. The van der Waals surface area contributed by atoms with Gasteiger partial charge in [0.1, 0.15) is 0 Å². The van der Waals surface area contributed by atoms with E-state index in [2.05, 4.69) is 10.0 Å². The quantitative estimate of drug-likeness (QED) is 0.541. The van der Waals surface area contributed by atoms with E-state index in [4.69, 9.17) is 5.73 Å². The van der Waals surface area contributed by atoms with E-state index in [0.29, 0.717) is 16.9 Å². The topological polar surface area (TPSA) is 118 Å². The summed E-state index contributed by atoms with van der Waals surface area (Å²) < 4.78 is 27.6. The normalized spacial score (nSPS) is 11.0. The van der Waals surface area contributed by atoms with E-state index in [1.54, 1.807) is 36.4 Å². The molecule has 8 heteroatoms. The number of nitrogens with two attached hydrogens (primary N) is 1. The Bertz CT molecular complexity index is 1150. The van der Waals surface area contributed by atoms with Gasteiger partial charge < -0.3 is 11.1 Å². The highest BCUT2D eigenvalue weighted by atomic mass is 32.2. The van der Waals surface area contributed by atoms with Gasteiger partial charge in [0.2, 0.25) is 5.91 Å². The second-order valence-corrected chi connectivity index (χ2v) is 8.47. The molecule has 7 nitrogen and oxygen atoms in total. The minimum atomic E-state index is -3.76. The lowest BCUT2D eigenvalue weighted by molar-refractivity contribution is -0.117. The number of primary amides is 1. The number of nitrogens with one attached hydrogen (secondary N) is 2. The Hall–Kier alpha value is -3.65. The minimum Gasteiger partial charge on any atom is -0.369 e. The Labute approximate surface area is 175 Å². The molecule has 3 aromatic rings. The van der Waals surface area contributed by atoms with Crippen LogP contribution < -0.4 is 15.8 Å². The zero-order valence-electron chi connectivity index (χ0n) is 16.3. The van der Waals surface area contributed by atoms with Crippen molar-refractivity contribution in [2.24, 2.45) is 5.73 Å². The molecule has 3 aromatic carbocycles. The van der Waals surface area contributed by atoms with Crippen LogP contribution >= 0.6 is 0 Å². The third-order valence-corrected chi connectivity index (χ3v) is 5.72. The van der Waals surface area contributed by atoms with E-state index in [9.17, 15) is 18.0 Å². The summed E-state index contributed by atoms with van der Waals surface area (Å²) in [5.41, 5.74) is 8.24. The van der Waals surface area contributed by atoms with Crippen molar-refractivity contribution in [1.82, 2.24) is 0 Å². The molecular formula is C22H21N3O4S. The summed E-state index contributed by atoms with van der Waals surface area (Å²) in [6.07, 6.45) is 0.126. The predicted molar refractivity (Wildman–Crippen MR) is 116 cm³/mol. The van der Waals surface area contributed by atoms with Crippen LogP contribution in [0, 0.1) is 6.92 Å². The first-order valence-corrected chi connectivity index (χ1v) is 10.6. The number of anilines is 2. The fourth-order valence-corrected chi connectivity index (χ4v) is 3.79. The predicted octanol–water partition coefficient (Wildman–Crippen LogP) is 3.08. The Morgan fingerprint density at radius 2 is 1.40 bits per heavy atom. The number of hydrogen-bond donors (Lipinski definition) is 3. The van der Waals surface area contributed by atoms with Crippen molar-refractivity contribution in [3.8, 4) is 0 Å². The van der Waals surface area contributed by atoms with E-state index in [-0.39, 0.29) is 17.2 Å². The van der Waals surface area contributed by atoms with Gasteiger partial charge in [0.15, 0.2) is 0 Å². The molecule has 4 N–H and O–H groups in total. The molecule has 0 fully saturated rings. The lowest BCUT2D eigenvalue weighted by atomic mass is 10.1. The number of hydrogen-bond acceptors (Lipinski definition) is 4. The Balaban J connectivity index is 1.67. The molecule has 30 heavy (non-hydrogen) atoms. The molecule has 0 aromatic heterocycles. The van der Waals surface area contributed by atoms with Crippen LogP contribution in [-0.4, -0.2) is 20.2 Å². The smallest absolute Gasteiger partial charge is 0.261 e. The molecule has 0 heterocycles. The second kappa shape index (κ2) is 8.79. The zero-order valence-corrected chi connectivity index (χ0v) is 17.1. The fraction of sp³-hybridized carbons (Fsp3) is 0.0909. The van der Waals surface area contributed by atoms with Crippen LogP contribution in [-0.2, 0) is 21.2 Å².